The van der Waals surface area contributed by atoms with Crippen LogP contribution in [0, 0.1) is 5.92 Å². The molecule has 0 bridgehead atoms. The van der Waals surface area contributed by atoms with Gasteiger partial charge in [0.05, 0.1) is 32.3 Å². The second-order valence-electron chi connectivity index (χ2n) is 2.91. The molecule has 1 aliphatic carbocycles. The molecule has 0 heterocycles. The largest absolute Gasteiger partial charge is 0.469 e. The second-order valence-corrected chi connectivity index (χ2v) is 2.91. The molecule has 4 heteroatoms. The highest BCUT2D eigenvalue weighted by Crippen LogP contribution is 2.30. The van der Waals surface area contributed by atoms with Crippen molar-refractivity contribution in [1.82, 2.24) is 0 Å². The predicted molar refractivity (Wildman–Crippen MR) is 41.6 cm³/mol. The fourth-order valence-electron chi connectivity index (χ4n) is 1.28. The first-order chi connectivity index (χ1) is 5.77. The molecule has 0 atom stereocenters. The first-order valence-electron chi connectivity index (χ1n) is 4.08. The van der Waals surface area contributed by atoms with Gasteiger partial charge in [0, 0.05) is 0 Å². The zero-order valence-corrected chi connectivity index (χ0v) is 7.16. The molecular formula is C8H14O4. The van der Waals surface area contributed by atoms with E-state index in [1.807, 2.05) is 0 Å². The van der Waals surface area contributed by atoms with Gasteiger partial charge in [-0.05, 0) is 12.8 Å². The van der Waals surface area contributed by atoms with E-state index in [2.05, 4.69) is 4.74 Å². The van der Waals surface area contributed by atoms with E-state index in [1.54, 1.807) is 0 Å². The first kappa shape index (κ1) is 9.48. The van der Waals surface area contributed by atoms with Crippen LogP contribution in [0.3, 0.4) is 0 Å². The lowest BCUT2D eigenvalue weighted by Gasteiger charge is -2.32. The summed E-state index contributed by atoms with van der Waals surface area (Å²) in [6.07, 6.45) is 1.60. The van der Waals surface area contributed by atoms with Gasteiger partial charge in [-0.25, -0.2) is 0 Å². The maximum Gasteiger partial charge on any atom is 0.308 e. The third kappa shape index (κ3) is 2.19. The van der Waals surface area contributed by atoms with Crippen LogP contribution in [0.2, 0.25) is 0 Å². The highest BCUT2D eigenvalue weighted by atomic mass is 16.5. The Hall–Kier alpha value is -0.610. The summed E-state index contributed by atoms with van der Waals surface area (Å²) in [5, 5.41) is 8.44. The Morgan fingerprint density at radius 3 is 2.75 bits per heavy atom. The topological polar surface area (TPSA) is 55.8 Å². The smallest absolute Gasteiger partial charge is 0.308 e. The Morgan fingerprint density at radius 2 is 2.25 bits per heavy atom. The van der Waals surface area contributed by atoms with Crippen LogP contribution in [-0.2, 0) is 14.3 Å². The number of esters is 1. The number of hydrogen-bond acceptors (Lipinski definition) is 4. The van der Waals surface area contributed by atoms with Crippen LogP contribution in [0.15, 0.2) is 0 Å². The van der Waals surface area contributed by atoms with Crippen LogP contribution in [0.5, 0.6) is 0 Å². The molecule has 0 aromatic rings. The Labute approximate surface area is 71.5 Å². The Kier molecular flexibility index (Phi) is 3.49. The van der Waals surface area contributed by atoms with E-state index < -0.39 is 0 Å². The zero-order chi connectivity index (χ0) is 8.97. The summed E-state index contributed by atoms with van der Waals surface area (Å²) in [6, 6.07) is 0. The van der Waals surface area contributed by atoms with Gasteiger partial charge in [0.25, 0.3) is 0 Å². The molecule has 1 aliphatic rings. The number of carbonyl (C=O) groups excluding carboxylic acids is 1. The van der Waals surface area contributed by atoms with E-state index in [9.17, 15) is 4.79 Å². The molecule has 1 saturated carbocycles. The third-order valence-electron chi connectivity index (χ3n) is 2.07. The van der Waals surface area contributed by atoms with Crippen LogP contribution < -0.4 is 0 Å². The standard InChI is InChI=1S/C8H14O4/c1-11-8(10)6-4-7(5-6)12-3-2-9/h6-7,9H,2-5H2,1H3. The predicted octanol–water partition coefficient (Wildman–Crippen LogP) is -0.0531. The molecule has 0 saturated heterocycles. The maximum atomic E-state index is 10.9. The van der Waals surface area contributed by atoms with Gasteiger partial charge in [-0.15, -0.1) is 0 Å². The minimum absolute atomic E-state index is 0.0127. The number of methoxy groups -OCH3 is 1. The van der Waals surface area contributed by atoms with Gasteiger partial charge in [0.2, 0.25) is 0 Å². The Morgan fingerprint density at radius 1 is 1.58 bits per heavy atom. The van der Waals surface area contributed by atoms with Gasteiger partial charge in [-0.2, -0.15) is 0 Å². The van der Waals surface area contributed by atoms with E-state index in [1.165, 1.54) is 7.11 Å². The maximum absolute atomic E-state index is 10.9. The lowest BCUT2D eigenvalue weighted by Crippen LogP contribution is -2.37. The number of carbonyl (C=O) groups is 1. The van der Waals surface area contributed by atoms with Crippen molar-refractivity contribution in [2.24, 2.45) is 5.92 Å². The van der Waals surface area contributed by atoms with E-state index in [0.29, 0.717) is 6.61 Å². The number of ether oxygens (including phenoxy) is 2. The molecule has 1 fully saturated rings. The first-order valence-corrected chi connectivity index (χ1v) is 4.08. The minimum Gasteiger partial charge on any atom is -0.469 e. The van der Waals surface area contributed by atoms with Crippen molar-refractivity contribution in [3.63, 3.8) is 0 Å². The fourth-order valence-corrected chi connectivity index (χ4v) is 1.28. The molecule has 0 unspecified atom stereocenters. The summed E-state index contributed by atoms with van der Waals surface area (Å²) < 4.78 is 9.76. The molecule has 12 heavy (non-hydrogen) atoms. The Balaban J connectivity index is 2.07. The second kappa shape index (κ2) is 4.42. The molecule has 4 nitrogen and oxygen atoms in total. The number of hydrogen-bond donors (Lipinski definition) is 1. The molecule has 1 N–H and O–H groups in total. The molecule has 0 aromatic heterocycles. The van der Waals surface area contributed by atoms with E-state index in [-0.39, 0.29) is 24.6 Å². The fraction of sp³-hybridized carbons (Fsp3) is 0.875. The average Bonchev–Trinajstić information content (AvgIpc) is 2.01. The summed E-state index contributed by atoms with van der Waals surface area (Å²) in [6.45, 7) is 0.401. The van der Waals surface area contributed by atoms with Crippen molar-refractivity contribution < 1.29 is 19.4 Å². The summed E-state index contributed by atoms with van der Waals surface area (Å²) in [7, 11) is 1.39. The van der Waals surface area contributed by atoms with Gasteiger partial charge in [0.15, 0.2) is 0 Å². The van der Waals surface area contributed by atoms with Crippen LogP contribution in [-0.4, -0.2) is 37.5 Å². The molecule has 0 radical (unpaired) electrons. The lowest BCUT2D eigenvalue weighted by molar-refractivity contribution is -0.155. The van der Waals surface area contributed by atoms with Crippen molar-refractivity contribution in [2.75, 3.05) is 20.3 Å². The molecule has 0 aromatic carbocycles. The molecule has 70 valence electrons. The monoisotopic (exact) mass is 174 g/mol. The summed E-state index contributed by atoms with van der Waals surface area (Å²) in [4.78, 5) is 10.9. The van der Waals surface area contributed by atoms with Crippen LogP contribution in [0.4, 0.5) is 0 Å². The van der Waals surface area contributed by atoms with E-state index in [0.717, 1.165) is 12.8 Å². The molecule has 1 rings (SSSR count). The molecule has 0 aliphatic heterocycles. The summed E-state index contributed by atoms with van der Waals surface area (Å²) in [5.41, 5.74) is 0. The van der Waals surface area contributed by atoms with Gasteiger partial charge in [-0.3, -0.25) is 4.79 Å². The molecular weight excluding hydrogens is 160 g/mol. The van der Waals surface area contributed by atoms with Crippen molar-refractivity contribution >= 4 is 5.97 Å². The lowest BCUT2D eigenvalue weighted by atomic mass is 9.82. The normalized spacial score (nSPS) is 27.8. The van der Waals surface area contributed by atoms with Crippen molar-refractivity contribution in [3.8, 4) is 0 Å². The van der Waals surface area contributed by atoms with Crippen molar-refractivity contribution in [2.45, 2.75) is 18.9 Å². The van der Waals surface area contributed by atoms with Gasteiger partial charge in [0.1, 0.15) is 0 Å². The van der Waals surface area contributed by atoms with E-state index in [4.69, 9.17) is 9.84 Å². The highest BCUT2D eigenvalue weighted by Gasteiger charge is 2.35. The number of aliphatic hydroxyl groups is 1. The van der Waals surface area contributed by atoms with E-state index >= 15 is 0 Å². The van der Waals surface area contributed by atoms with Crippen LogP contribution in [0.1, 0.15) is 12.8 Å². The van der Waals surface area contributed by atoms with Gasteiger partial charge >= 0.3 is 5.97 Å². The van der Waals surface area contributed by atoms with Gasteiger partial charge < -0.3 is 14.6 Å². The SMILES string of the molecule is COC(=O)C1CC(OCCO)C1. The summed E-state index contributed by atoms with van der Waals surface area (Å²) >= 11 is 0. The number of rotatable bonds is 4. The third-order valence-corrected chi connectivity index (χ3v) is 2.07. The zero-order valence-electron chi connectivity index (χ0n) is 7.16. The quantitative estimate of drug-likeness (QED) is 0.607. The van der Waals surface area contributed by atoms with Crippen molar-refractivity contribution in [1.29, 1.82) is 0 Å². The molecule has 0 spiro atoms. The van der Waals surface area contributed by atoms with Crippen LogP contribution >= 0.6 is 0 Å². The Bertz CT molecular complexity index is 151. The average molecular weight is 174 g/mol. The highest BCUT2D eigenvalue weighted by molar-refractivity contribution is 5.73. The number of aliphatic hydroxyl groups excluding tert-OH is 1. The summed E-state index contributed by atoms with van der Waals surface area (Å²) in [5.74, 6) is -0.141. The van der Waals surface area contributed by atoms with Crippen molar-refractivity contribution in [3.05, 3.63) is 0 Å². The molecule has 0 amide bonds. The van der Waals surface area contributed by atoms with Crippen LogP contribution in [0.25, 0.3) is 0 Å². The van der Waals surface area contributed by atoms with Gasteiger partial charge in [-0.1, -0.05) is 0 Å². The minimum atomic E-state index is -0.154.